The highest BCUT2D eigenvalue weighted by Gasteiger charge is 2.32. The number of nitrogens with zero attached hydrogens (tertiary/aromatic N) is 1. The molecule has 0 aliphatic carbocycles. The van der Waals surface area contributed by atoms with E-state index in [2.05, 4.69) is 16.0 Å². The molecule has 0 aliphatic rings. The molecule has 230 valence electrons. The van der Waals surface area contributed by atoms with Gasteiger partial charge in [0, 0.05) is 13.5 Å². The van der Waals surface area contributed by atoms with Crippen LogP contribution in [-0.4, -0.2) is 68.0 Å². The standard InChI is InChI=1S/C31H44N4O7/c1-21(2)17-26(35(5)40-6)28(37)33-29(38)30(41-19-22(3)4)34-27(36)25(18-23-13-9-7-10-14-23)32-31(39)42-20-24-15-11-8-12-16-24/h7-16,21-22,25-26,30H,17-20H2,1-6H3,(H,32,39)(H,34,36)(H,33,37,38)/t25-,26-,30?/m0/s1. The summed E-state index contributed by atoms with van der Waals surface area (Å²) in [5, 5.41) is 8.87. The summed E-state index contributed by atoms with van der Waals surface area (Å²) in [6.45, 7) is 7.82. The number of nitrogens with one attached hydrogen (secondary N) is 3. The van der Waals surface area contributed by atoms with Crippen molar-refractivity contribution >= 4 is 23.8 Å². The van der Waals surface area contributed by atoms with Gasteiger partial charge in [0.2, 0.25) is 18.0 Å². The van der Waals surface area contributed by atoms with Gasteiger partial charge in [-0.25, -0.2) is 4.79 Å². The number of alkyl carbamates (subject to hydrolysis) is 1. The molecule has 0 radical (unpaired) electrons. The van der Waals surface area contributed by atoms with Gasteiger partial charge >= 0.3 is 6.09 Å². The lowest BCUT2D eigenvalue weighted by Crippen LogP contribution is -2.57. The molecule has 0 bridgehead atoms. The molecule has 0 aromatic heterocycles. The van der Waals surface area contributed by atoms with Crippen LogP contribution in [-0.2, 0) is 41.7 Å². The van der Waals surface area contributed by atoms with E-state index in [1.807, 2.05) is 88.4 Å². The molecule has 42 heavy (non-hydrogen) atoms. The summed E-state index contributed by atoms with van der Waals surface area (Å²) < 4.78 is 11.0. The van der Waals surface area contributed by atoms with Gasteiger partial charge in [0.25, 0.3) is 5.91 Å². The third kappa shape index (κ3) is 12.4. The Labute approximate surface area is 248 Å². The first-order chi connectivity index (χ1) is 20.0. The minimum absolute atomic E-state index is 0.0183. The van der Waals surface area contributed by atoms with Crippen LogP contribution in [0, 0.1) is 11.8 Å². The third-order valence-electron chi connectivity index (χ3n) is 6.18. The van der Waals surface area contributed by atoms with Crippen molar-refractivity contribution in [2.75, 3.05) is 20.8 Å². The average Bonchev–Trinajstić information content (AvgIpc) is 2.96. The van der Waals surface area contributed by atoms with Gasteiger partial charge in [-0.1, -0.05) is 88.4 Å². The maximum Gasteiger partial charge on any atom is 0.408 e. The van der Waals surface area contributed by atoms with E-state index in [1.165, 1.54) is 12.2 Å². The second-order valence-electron chi connectivity index (χ2n) is 10.8. The summed E-state index contributed by atoms with van der Waals surface area (Å²) in [5.41, 5.74) is 1.56. The summed E-state index contributed by atoms with van der Waals surface area (Å²) >= 11 is 0. The maximum atomic E-state index is 13.5. The van der Waals surface area contributed by atoms with Crippen LogP contribution < -0.4 is 16.0 Å². The Hall–Kier alpha value is -3.80. The number of ether oxygens (including phenoxy) is 2. The second-order valence-corrected chi connectivity index (χ2v) is 10.8. The molecule has 3 atom stereocenters. The minimum atomic E-state index is -1.49. The van der Waals surface area contributed by atoms with Crippen molar-refractivity contribution in [1.29, 1.82) is 0 Å². The van der Waals surface area contributed by atoms with Crippen LogP contribution in [0.5, 0.6) is 0 Å². The molecule has 3 N–H and O–H groups in total. The molecule has 0 spiro atoms. The molecule has 0 heterocycles. The van der Waals surface area contributed by atoms with E-state index in [1.54, 1.807) is 7.05 Å². The molecule has 11 heteroatoms. The molecule has 0 fully saturated rings. The van der Waals surface area contributed by atoms with Crippen LogP contribution >= 0.6 is 0 Å². The number of carbonyl (C=O) groups is 4. The number of likely N-dealkylation sites (N-methyl/N-ethyl adjacent to an activating group) is 1. The number of hydrogen-bond donors (Lipinski definition) is 3. The molecular weight excluding hydrogens is 540 g/mol. The molecule has 4 amide bonds. The predicted octanol–water partition coefficient (Wildman–Crippen LogP) is 3.19. The highest BCUT2D eigenvalue weighted by atomic mass is 16.7. The lowest BCUT2D eigenvalue weighted by Gasteiger charge is -2.27. The fourth-order valence-electron chi connectivity index (χ4n) is 3.93. The summed E-state index contributed by atoms with van der Waals surface area (Å²) in [5.74, 6) is -1.93. The molecule has 1 unspecified atom stereocenters. The van der Waals surface area contributed by atoms with E-state index in [0.29, 0.717) is 6.42 Å². The third-order valence-corrected chi connectivity index (χ3v) is 6.18. The van der Waals surface area contributed by atoms with Gasteiger partial charge in [0.05, 0.1) is 13.7 Å². The van der Waals surface area contributed by atoms with Crippen molar-refractivity contribution < 1.29 is 33.5 Å². The average molecular weight is 585 g/mol. The second kappa shape index (κ2) is 17.9. The largest absolute Gasteiger partial charge is 0.445 e. The fourth-order valence-corrected chi connectivity index (χ4v) is 3.93. The molecule has 0 saturated heterocycles. The Bertz CT molecular complexity index is 1130. The van der Waals surface area contributed by atoms with Gasteiger partial charge in [-0.05, 0) is 29.4 Å². The Morgan fingerprint density at radius 3 is 1.93 bits per heavy atom. The zero-order valence-corrected chi connectivity index (χ0v) is 25.3. The number of hydrogen-bond acceptors (Lipinski definition) is 8. The number of amides is 4. The quantitative estimate of drug-likeness (QED) is 0.202. The van der Waals surface area contributed by atoms with Crippen LogP contribution in [0.25, 0.3) is 0 Å². The van der Waals surface area contributed by atoms with E-state index in [-0.39, 0.29) is 31.5 Å². The summed E-state index contributed by atoms with van der Waals surface area (Å²) in [6.07, 6.45) is -1.73. The normalized spacial score (nSPS) is 13.4. The number of carbonyl (C=O) groups excluding carboxylic acids is 4. The van der Waals surface area contributed by atoms with Crippen molar-refractivity contribution in [3.05, 3.63) is 71.8 Å². The molecule has 0 saturated carbocycles. The fraction of sp³-hybridized carbons (Fsp3) is 0.484. The van der Waals surface area contributed by atoms with Crippen molar-refractivity contribution in [1.82, 2.24) is 21.0 Å². The van der Waals surface area contributed by atoms with Crippen LogP contribution in [0.4, 0.5) is 4.79 Å². The summed E-state index contributed by atoms with van der Waals surface area (Å²) in [7, 11) is 3.03. The lowest BCUT2D eigenvalue weighted by atomic mass is 10.0. The van der Waals surface area contributed by atoms with Crippen LogP contribution in [0.3, 0.4) is 0 Å². The lowest BCUT2D eigenvalue weighted by molar-refractivity contribution is -0.166. The van der Waals surface area contributed by atoms with Crippen molar-refractivity contribution in [2.45, 2.75) is 65.5 Å². The first-order valence-corrected chi connectivity index (χ1v) is 14.0. The van der Waals surface area contributed by atoms with Crippen molar-refractivity contribution in [3.63, 3.8) is 0 Å². The predicted molar refractivity (Wildman–Crippen MR) is 158 cm³/mol. The van der Waals surface area contributed by atoms with Crippen molar-refractivity contribution in [3.8, 4) is 0 Å². The Morgan fingerprint density at radius 2 is 1.38 bits per heavy atom. The topological polar surface area (TPSA) is 135 Å². The SMILES string of the molecule is CON(C)[C@@H](CC(C)C)C(=O)NC(=O)C(NC(=O)[C@H](Cc1ccccc1)NC(=O)OCc1ccccc1)OCC(C)C. The van der Waals surface area contributed by atoms with E-state index in [0.717, 1.165) is 11.1 Å². The Morgan fingerprint density at radius 1 is 0.786 bits per heavy atom. The van der Waals surface area contributed by atoms with Gasteiger partial charge < -0.3 is 24.9 Å². The van der Waals surface area contributed by atoms with Gasteiger partial charge in [0.1, 0.15) is 18.7 Å². The molecule has 2 aromatic carbocycles. The highest BCUT2D eigenvalue weighted by Crippen LogP contribution is 2.11. The minimum Gasteiger partial charge on any atom is -0.445 e. The maximum absolute atomic E-state index is 13.5. The first kappa shape index (κ1) is 34.4. The van der Waals surface area contributed by atoms with Crippen LogP contribution in [0.1, 0.15) is 45.2 Å². The van der Waals surface area contributed by atoms with Gasteiger partial charge in [-0.3, -0.25) is 19.7 Å². The van der Waals surface area contributed by atoms with E-state index < -0.39 is 42.1 Å². The number of rotatable bonds is 16. The molecule has 2 aromatic rings. The Balaban J connectivity index is 2.19. The number of imide groups is 1. The van der Waals surface area contributed by atoms with Crippen LogP contribution in [0.15, 0.2) is 60.7 Å². The van der Waals surface area contributed by atoms with Gasteiger partial charge in [-0.15, -0.1) is 0 Å². The highest BCUT2D eigenvalue weighted by molar-refractivity contribution is 6.01. The Kier molecular flexibility index (Phi) is 14.7. The zero-order chi connectivity index (χ0) is 31.1. The molecule has 0 aliphatic heterocycles. The van der Waals surface area contributed by atoms with Gasteiger partial charge in [0.15, 0.2) is 0 Å². The van der Waals surface area contributed by atoms with Crippen molar-refractivity contribution in [2.24, 2.45) is 11.8 Å². The monoisotopic (exact) mass is 584 g/mol. The first-order valence-electron chi connectivity index (χ1n) is 14.0. The summed E-state index contributed by atoms with van der Waals surface area (Å²) in [6, 6.07) is 16.4. The van der Waals surface area contributed by atoms with E-state index >= 15 is 0 Å². The van der Waals surface area contributed by atoms with E-state index in [9.17, 15) is 19.2 Å². The number of hydroxylamine groups is 2. The van der Waals surface area contributed by atoms with Crippen LogP contribution in [0.2, 0.25) is 0 Å². The van der Waals surface area contributed by atoms with E-state index in [4.69, 9.17) is 14.3 Å². The molecule has 2 rings (SSSR count). The molecular formula is C31H44N4O7. The zero-order valence-electron chi connectivity index (χ0n) is 25.3. The summed E-state index contributed by atoms with van der Waals surface area (Å²) in [4.78, 5) is 57.6. The van der Waals surface area contributed by atoms with Gasteiger partial charge in [-0.2, -0.15) is 5.06 Å². The smallest absolute Gasteiger partial charge is 0.408 e. The molecule has 11 nitrogen and oxygen atoms in total. The number of benzene rings is 2.